The molecule has 10 heteroatoms. The van der Waals surface area contributed by atoms with E-state index in [9.17, 15) is 28.4 Å². The fourth-order valence-corrected chi connectivity index (χ4v) is 3.52. The molecule has 2 rings (SSSR count). The molecule has 0 unspecified atom stereocenters. The summed E-state index contributed by atoms with van der Waals surface area (Å²) >= 11 is 0. The first-order valence-electron chi connectivity index (χ1n) is 7.43. The van der Waals surface area contributed by atoms with E-state index in [1.807, 2.05) is 0 Å². The second-order valence-corrected chi connectivity index (χ2v) is 7.34. The number of hydrogen-bond acceptors (Lipinski definition) is 6. The van der Waals surface area contributed by atoms with Crippen molar-refractivity contribution >= 4 is 21.7 Å². The van der Waals surface area contributed by atoms with Crippen molar-refractivity contribution in [1.82, 2.24) is 4.72 Å². The third-order valence-electron chi connectivity index (χ3n) is 3.70. The van der Waals surface area contributed by atoms with Crippen molar-refractivity contribution in [2.24, 2.45) is 5.73 Å². The van der Waals surface area contributed by atoms with Gasteiger partial charge in [-0.15, -0.1) is 0 Å². The Labute approximate surface area is 149 Å². The van der Waals surface area contributed by atoms with Gasteiger partial charge >= 0.3 is 5.97 Å². The number of carboxylic acids is 1. The van der Waals surface area contributed by atoms with Gasteiger partial charge < -0.3 is 10.8 Å². The lowest BCUT2D eigenvalue weighted by Crippen LogP contribution is -2.45. The number of sulfonamides is 1. The minimum absolute atomic E-state index is 0.0730. The lowest BCUT2D eigenvalue weighted by molar-refractivity contribution is -0.384. The number of nitro benzene ring substituents is 1. The molecule has 0 aliphatic rings. The Morgan fingerprint density at radius 1 is 1.23 bits per heavy atom. The van der Waals surface area contributed by atoms with Gasteiger partial charge in [0, 0.05) is 12.1 Å². The maximum absolute atomic E-state index is 12.6. The molecule has 0 heterocycles. The first-order chi connectivity index (χ1) is 12.1. The lowest BCUT2D eigenvalue weighted by Gasteiger charge is -2.22. The van der Waals surface area contributed by atoms with Crippen molar-refractivity contribution < 1.29 is 23.2 Å². The van der Waals surface area contributed by atoms with Crippen LogP contribution in [0.4, 0.5) is 5.69 Å². The Bertz CT molecular complexity index is 927. The molecule has 0 radical (unpaired) electrons. The average molecular weight is 379 g/mol. The molecule has 0 aliphatic carbocycles. The van der Waals surface area contributed by atoms with E-state index < -0.39 is 33.0 Å². The topological polar surface area (TPSA) is 153 Å². The molecule has 0 fully saturated rings. The van der Waals surface area contributed by atoms with Gasteiger partial charge in [0.05, 0.1) is 15.9 Å². The molecule has 26 heavy (non-hydrogen) atoms. The molecule has 2 aromatic rings. The second-order valence-electron chi connectivity index (χ2n) is 5.63. The molecule has 0 saturated carbocycles. The Morgan fingerprint density at radius 3 is 2.38 bits per heavy atom. The minimum Gasteiger partial charge on any atom is -0.480 e. The van der Waals surface area contributed by atoms with Gasteiger partial charge in [-0.2, -0.15) is 0 Å². The minimum atomic E-state index is -4.10. The summed E-state index contributed by atoms with van der Waals surface area (Å²) in [6, 6.07) is 7.89. The summed E-state index contributed by atoms with van der Waals surface area (Å²) < 4.78 is 27.4. The standard InChI is InChI=1S/C16H17N3O6S/c1-10-5-7-13(8-6-10)26(24,25)18-15(14(17)16(20)21)11-3-2-4-12(9-11)19(22)23/h2-9,14-15,18H,17H2,1H3,(H,20,21)/t14-,15+/m1/s1. The van der Waals surface area contributed by atoms with E-state index in [4.69, 9.17) is 5.73 Å². The lowest BCUT2D eigenvalue weighted by atomic mass is 10.0. The van der Waals surface area contributed by atoms with Gasteiger partial charge in [-0.1, -0.05) is 29.8 Å². The third kappa shape index (κ3) is 4.42. The number of hydrogen-bond donors (Lipinski definition) is 3. The largest absolute Gasteiger partial charge is 0.480 e. The Morgan fingerprint density at radius 2 is 1.85 bits per heavy atom. The zero-order valence-electron chi connectivity index (χ0n) is 13.7. The number of aliphatic carboxylic acids is 1. The molecule has 9 nitrogen and oxygen atoms in total. The number of nitro groups is 1. The van der Waals surface area contributed by atoms with Crippen LogP contribution in [0.2, 0.25) is 0 Å². The molecule has 0 amide bonds. The van der Waals surface area contributed by atoms with E-state index in [0.717, 1.165) is 11.6 Å². The predicted octanol–water partition coefficient (Wildman–Crippen LogP) is 1.33. The molecule has 0 aromatic heterocycles. The van der Waals surface area contributed by atoms with E-state index in [1.165, 1.54) is 30.3 Å². The van der Waals surface area contributed by atoms with Crippen LogP contribution >= 0.6 is 0 Å². The molecule has 0 aliphatic heterocycles. The monoisotopic (exact) mass is 379 g/mol. The molecule has 138 valence electrons. The van der Waals surface area contributed by atoms with Crippen LogP contribution in [0, 0.1) is 17.0 Å². The SMILES string of the molecule is Cc1ccc(S(=O)(=O)N[C@@H](c2cccc([N+](=O)[O-])c2)[C@@H](N)C(=O)O)cc1. The van der Waals surface area contributed by atoms with Crippen LogP contribution in [-0.4, -0.2) is 30.5 Å². The van der Waals surface area contributed by atoms with Gasteiger partial charge in [-0.25, -0.2) is 13.1 Å². The highest BCUT2D eigenvalue weighted by molar-refractivity contribution is 7.89. The summed E-state index contributed by atoms with van der Waals surface area (Å²) in [5, 5.41) is 20.1. The Kier molecular flexibility index (Phi) is 5.70. The Balaban J connectivity index is 2.46. The molecule has 2 aromatic carbocycles. The number of rotatable bonds is 7. The van der Waals surface area contributed by atoms with E-state index in [0.29, 0.717) is 0 Å². The molecule has 0 bridgehead atoms. The number of non-ortho nitro benzene ring substituents is 1. The summed E-state index contributed by atoms with van der Waals surface area (Å²) in [6.45, 7) is 1.79. The highest BCUT2D eigenvalue weighted by atomic mass is 32.2. The first-order valence-corrected chi connectivity index (χ1v) is 8.92. The van der Waals surface area contributed by atoms with Crippen molar-refractivity contribution in [1.29, 1.82) is 0 Å². The van der Waals surface area contributed by atoms with Crippen molar-refractivity contribution in [3.63, 3.8) is 0 Å². The second kappa shape index (κ2) is 7.60. The van der Waals surface area contributed by atoms with Gasteiger partial charge in [0.1, 0.15) is 6.04 Å². The van der Waals surface area contributed by atoms with Crippen LogP contribution in [0.5, 0.6) is 0 Å². The molecular weight excluding hydrogens is 362 g/mol. The normalized spacial score (nSPS) is 13.8. The summed E-state index contributed by atoms with van der Waals surface area (Å²) in [7, 11) is -4.10. The average Bonchev–Trinajstić information content (AvgIpc) is 2.59. The molecular formula is C16H17N3O6S. The summed E-state index contributed by atoms with van der Waals surface area (Å²) in [5.41, 5.74) is 6.25. The summed E-state index contributed by atoms with van der Waals surface area (Å²) in [6.07, 6.45) is 0. The quantitative estimate of drug-likeness (QED) is 0.484. The summed E-state index contributed by atoms with van der Waals surface area (Å²) in [5.74, 6) is -1.45. The maximum atomic E-state index is 12.6. The fraction of sp³-hybridized carbons (Fsp3) is 0.188. The van der Waals surface area contributed by atoms with Gasteiger partial charge in [0.25, 0.3) is 5.69 Å². The van der Waals surface area contributed by atoms with E-state index in [2.05, 4.69) is 4.72 Å². The summed E-state index contributed by atoms with van der Waals surface area (Å²) in [4.78, 5) is 21.5. The van der Waals surface area contributed by atoms with E-state index in [1.54, 1.807) is 19.1 Å². The van der Waals surface area contributed by atoms with Crippen LogP contribution in [0.1, 0.15) is 17.2 Å². The van der Waals surface area contributed by atoms with Crippen LogP contribution in [0.15, 0.2) is 53.4 Å². The van der Waals surface area contributed by atoms with Crippen LogP contribution < -0.4 is 10.5 Å². The number of benzene rings is 2. The first kappa shape index (κ1) is 19.5. The maximum Gasteiger partial charge on any atom is 0.322 e. The molecule has 0 spiro atoms. The number of nitrogens with zero attached hydrogens (tertiary/aromatic N) is 1. The van der Waals surface area contributed by atoms with E-state index in [-0.39, 0.29) is 16.1 Å². The smallest absolute Gasteiger partial charge is 0.322 e. The van der Waals surface area contributed by atoms with Crippen molar-refractivity contribution in [2.45, 2.75) is 23.9 Å². The molecule has 4 N–H and O–H groups in total. The van der Waals surface area contributed by atoms with Gasteiger partial charge in [0.2, 0.25) is 10.0 Å². The number of carbonyl (C=O) groups is 1. The van der Waals surface area contributed by atoms with Gasteiger partial charge in [0.15, 0.2) is 0 Å². The zero-order chi connectivity index (χ0) is 19.5. The van der Waals surface area contributed by atoms with Crippen LogP contribution in [0.25, 0.3) is 0 Å². The number of nitrogens with one attached hydrogen (secondary N) is 1. The van der Waals surface area contributed by atoms with Crippen molar-refractivity contribution in [3.8, 4) is 0 Å². The molecule has 0 saturated heterocycles. The van der Waals surface area contributed by atoms with Gasteiger partial charge in [-0.05, 0) is 24.6 Å². The third-order valence-corrected chi connectivity index (χ3v) is 5.15. The number of nitrogens with two attached hydrogens (primary N) is 1. The van der Waals surface area contributed by atoms with Crippen LogP contribution in [-0.2, 0) is 14.8 Å². The fourth-order valence-electron chi connectivity index (χ4n) is 2.28. The highest BCUT2D eigenvalue weighted by Crippen LogP contribution is 2.24. The predicted molar refractivity (Wildman–Crippen MR) is 92.9 cm³/mol. The van der Waals surface area contributed by atoms with Crippen molar-refractivity contribution in [2.75, 3.05) is 0 Å². The Hall–Kier alpha value is -2.82. The molecule has 2 atom stereocenters. The number of aryl methyl sites for hydroxylation is 1. The van der Waals surface area contributed by atoms with Crippen LogP contribution in [0.3, 0.4) is 0 Å². The number of carboxylic acid groups (broad SMARTS) is 1. The zero-order valence-corrected chi connectivity index (χ0v) is 14.5. The van der Waals surface area contributed by atoms with Gasteiger partial charge in [-0.3, -0.25) is 14.9 Å². The van der Waals surface area contributed by atoms with Crippen molar-refractivity contribution in [3.05, 3.63) is 69.8 Å². The van der Waals surface area contributed by atoms with E-state index >= 15 is 0 Å². The highest BCUT2D eigenvalue weighted by Gasteiger charge is 2.31.